The lowest BCUT2D eigenvalue weighted by Gasteiger charge is -2.23. The topological polar surface area (TPSA) is 115 Å². The molecule has 0 unspecified atom stereocenters. The van der Waals surface area contributed by atoms with Crippen LogP contribution in [0.4, 0.5) is 5.13 Å². The second-order valence-corrected chi connectivity index (χ2v) is 9.78. The standard InChI is InChI=1S/C27H24N2O7S/c1-13-11-17-12-16(7-10-19(17)36-13)22(30)20-21(15-5-8-18(34-3)9-6-15)29(25(32)23(20)31)27-28-14(2)24(37-27)26(33)35-4/h5-10,12-13,21,30H,11H2,1-4H3/t13-,21+/m1/s1. The smallest absolute Gasteiger partial charge is 0.350 e. The number of hydrogen-bond acceptors (Lipinski definition) is 9. The van der Waals surface area contributed by atoms with Crippen molar-refractivity contribution in [3.8, 4) is 11.5 Å². The van der Waals surface area contributed by atoms with Crippen molar-refractivity contribution in [3.05, 3.63) is 75.3 Å². The molecular weight excluding hydrogens is 496 g/mol. The zero-order valence-electron chi connectivity index (χ0n) is 20.6. The maximum Gasteiger partial charge on any atom is 0.350 e. The Kier molecular flexibility index (Phi) is 6.20. The Morgan fingerprint density at radius 1 is 1.16 bits per heavy atom. The number of hydrogen-bond donors (Lipinski definition) is 1. The molecule has 1 saturated heterocycles. The minimum atomic E-state index is -0.981. The van der Waals surface area contributed by atoms with Gasteiger partial charge in [-0.05, 0) is 55.3 Å². The monoisotopic (exact) mass is 520 g/mol. The fourth-order valence-corrected chi connectivity index (χ4v) is 5.64. The molecule has 0 radical (unpaired) electrons. The quantitative estimate of drug-likeness (QED) is 0.230. The van der Waals surface area contributed by atoms with Gasteiger partial charge in [0.15, 0.2) is 5.13 Å². The molecule has 190 valence electrons. The van der Waals surface area contributed by atoms with Gasteiger partial charge in [0, 0.05) is 12.0 Å². The molecular formula is C27H24N2O7S. The van der Waals surface area contributed by atoms with E-state index < -0.39 is 23.7 Å². The van der Waals surface area contributed by atoms with Crippen molar-refractivity contribution in [1.29, 1.82) is 0 Å². The van der Waals surface area contributed by atoms with Gasteiger partial charge in [0.05, 0.1) is 31.5 Å². The number of ketones is 1. The molecule has 37 heavy (non-hydrogen) atoms. The van der Waals surface area contributed by atoms with Crippen molar-refractivity contribution >= 4 is 39.9 Å². The van der Waals surface area contributed by atoms with Crippen LogP contribution in [0.3, 0.4) is 0 Å². The molecule has 3 aromatic rings. The number of carbonyl (C=O) groups excluding carboxylic acids is 3. The molecule has 1 amide bonds. The zero-order chi connectivity index (χ0) is 26.4. The van der Waals surface area contributed by atoms with E-state index in [0.717, 1.165) is 22.6 Å². The molecule has 5 rings (SSSR count). The van der Waals surface area contributed by atoms with E-state index in [4.69, 9.17) is 14.2 Å². The Hall–Kier alpha value is -4.18. The number of aliphatic hydroxyl groups is 1. The number of carbonyl (C=O) groups is 3. The first-order valence-corrected chi connectivity index (χ1v) is 12.4. The second kappa shape index (κ2) is 9.36. The highest BCUT2D eigenvalue weighted by molar-refractivity contribution is 7.17. The van der Waals surface area contributed by atoms with E-state index in [2.05, 4.69) is 4.98 Å². The van der Waals surface area contributed by atoms with E-state index in [1.54, 1.807) is 49.4 Å². The number of anilines is 1. The van der Waals surface area contributed by atoms with Gasteiger partial charge in [0.2, 0.25) is 0 Å². The molecule has 0 aliphatic carbocycles. The van der Waals surface area contributed by atoms with Crippen molar-refractivity contribution in [3.63, 3.8) is 0 Å². The summed E-state index contributed by atoms with van der Waals surface area (Å²) in [6.07, 6.45) is 0.677. The van der Waals surface area contributed by atoms with Gasteiger partial charge >= 0.3 is 11.9 Å². The van der Waals surface area contributed by atoms with Crippen LogP contribution in [-0.4, -0.2) is 48.1 Å². The summed E-state index contributed by atoms with van der Waals surface area (Å²) < 4.78 is 15.8. The number of esters is 1. The SMILES string of the molecule is COC(=O)c1sc(N2C(=O)C(=O)C(=C(O)c3ccc4c(c3)C[C@@H](C)O4)[C@@H]2c2ccc(OC)cc2)nc1C. The molecule has 9 nitrogen and oxygen atoms in total. The number of ether oxygens (including phenoxy) is 3. The lowest BCUT2D eigenvalue weighted by molar-refractivity contribution is -0.132. The van der Waals surface area contributed by atoms with Gasteiger partial charge in [-0.1, -0.05) is 23.5 Å². The second-order valence-electron chi connectivity index (χ2n) is 8.80. The fourth-order valence-electron chi connectivity index (χ4n) is 4.62. The molecule has 2 aliphatic heterocycles. The van der Waals surface area contributed by atoms with Crippen LogP contribution in [0.15, 0.2) is 48.0 Å². The Labute approximate surface area is 216 Å². The number of fused-ring (bicyclic) bond motifs is 1. The van der Waals surface area contributed by atoms with Crippen LogP contribution in [0.2, 0.25) is 0 Å². The molecule has 2 atom stereocenters. The van der Waals surface area contributed by atoms with E-state index in [0.29, 0.717) is 29.0 Å². The molecule has 1 fully saturated rings. The van der Waals surface area contributed by atoms with Crippen molar-refractivity contribution in [2.75, 3.05) is 19.1 Å². The first kappa shape index (κ1) is 24.5. The van der Waals surface area contributed by atoms with Gasteiger partial charge in [0.25, 0.3) is 5.78 Å². The van der Waals surface area contributed by atoms with Crippen molar-refractivity contribution in [2.24, 2.45) is 0 Å². The largest absolute Gasteiger partial charge is 0.507 e. The molecule has 10 heteroatoms. The highest BCUT2D eigenvalue weighted by atomic mass is 32.1. The maximum atomic E-state index is 13.4. The third-order valence-corrected chi connectivity index (χ3v) is 7.54. The summed E-state index contributed by atoms with van der Waals surface area (Å²) in [5.74, 6) is -1.28. The van der Waals surface area contributed by atoms with Crippen LogP contribution >= 0.6 is 11.3 Å². The van der Waals surface area contributed by atoms with Crippen LogP contribution in [-0.2, 0) is 20.7 Å². The van der Waals surface area contributed by atoms with Crippen LogP contribution in [0, 0.1) is 6.92 Å². The number of methoxy groups -OCH3 is 2. The van der Waals surface area contributed by atoms with E-state index in [-0.39, 0.29) is 27.4 Å². The lowest BCUT2D eigenvalue weighted by Crippen LogP contribution is -2.29. The van der Waals surface area contributed by atoms with Gasteiger partial charge in [-0.25, -0.2) is 9.78 Å². The van der Waals surface area contributed by atoms with Crippen molar-refractivity contribution < 1.29 is 33.7 Å². The number of aryl methyl sites for hydroxylation is 1. The lowest BCUT2D eigenvalue weighted by atomic mass is 9.94. The van der Waals surface area contributed by atoms with Crippen LogP contribution in [0.5, 0.6) is 11.5 Å². The van der Waals surface area contributed by atoms with E-state index in [9.17, 15) is 19.5 Å². The Balaban J connectivity index is 1.68. The van der Waals surface area contributed by atoms with Gasteiger partial charge in [-0.3, -0.25) is 14.5 Å². The summed E-state index contributed by atoms with van der Waals surface area (Å²) in [7, 11) is 2.79. The average molecular weight is 521 g/mol. The zero-order valence-corrected chi connectivity index (χ0v) is 21.4. The van der Waals surface area contributed by atoms with Gasteiger partial charge in [-0.15, -0.1) is 0 Å². The number of benzene rings is 2. The van der Waals surface area contributed by atoms with E-state index >= 15 is 0 Å². The maximum absolute atomic E-state index is 13.4. The normalized spacial score (nSPS) is 20.1. The molecule has 0 saturated carbocycles. The minimum Gasteiger partial charge on any atom is -0.507 e. The number of aromatic nitrogens is 1. The fraction of sp³-hybridized carbons (Fsp3) is 0.259. The molecule has 2 aliphatic rings. The summed E-state index contributed by atoms with van der Waals surface area (Å²) in [6, 6.07) is 11.0. The molecule has 3 heterocycles. The number of nitrogens with zero attached hydrogens (tertiary/aromatic N) is 2. The number of rotatable bonds is 5. The molecule has 1 N–H and O–H groups in total. The Bertz CT molecular complexity index is 1460. The average Bonchev–Trinajstić information content (AvgIpc) is 3.55. The van der Waals surface area contributed by atoms with Gasteiger partial charge in [0.1, 0.15) is 28.2 Å². The minimum absolute atomic E-state index is 0.00873. The third kappa shape index (κ3) is 4.13. The third-order valence-electron chi connectivity index (χ3n) is 6.41. The summed E-state index contributed by atoms with van der Waals surface area (Å²) in [4.78, 5) is 44.8. The first-order valence-electron chi connectivity index (χ1n) is 11.5. The number of thiazole rings is 1. The van der Waals surface area contributed by atoms with Crippen molar-refractivity contribution in [2.45, 2.75) is 32.4 Å². The predicted octanol–water partition coefficient (Wildman–Crippen LogP) is 4.20. The number of Topliss-reactive ketones (excluding diaryl/α,β-unsaturated/α-hetero) is 1. The van der Waals surface area contributed by atoms with Crippen molar-refractivity contribution in [1.82, 2.24) is 4.98 Å². The van der Waals surface area contributed by atoms with Crippen LogP contribution < -0.4 is 14.4 Å². The van der Waals surface area contributed by atoms with Crippen LogP contribution in [0.1, 0.15) is 45.0 Å². The van der Waals surface area contributed by atoms with Crippen LogP contribution in [0.25, 0.3) is 5.76 Å². The number of amides is 1. The highest BCUT2D eigenvalue weighted by Gasteiger charge is 2.48. The summed E-state index contributed by atoms with van der Waals surface area (Å²) in [5, 5.41) is 11.6. The molecule has 1 aromatic heterocycles. The summed E-state index contributed by atoms with van der Waals surface area (Å²) in [6.45, 7) is 3.58. The predicted molar refractivity (Wildman–Crippen MR) is 136 cm³/mol. The molecule has 0 bridgehead atoms. The number of aliphatic hydroxyl groups excluding tert-OH is 1. The molecule has 0 spiro atoms. The summed E-state index contributed by atoms with van der Waals surface area (Å²) >= 11 is 0.949. The van der Waals surface area contributed by atoms with E-state index in [1.807, 2.05) is 6.92 Å². The first-order chi connectivity index (χ1) is 17.7. The van der Waals surface area contributed by atoms with E-state index in [1.165, 1.54) is 19.1 Å². The molecule has 2 aromatic carbocycles. The Morgan fingerprint density at radius 2 is 1.89 bits per heavy atom. The van der Waals surface area contributed by atoms with Gasteiger partial charge in [-0.2, -0.15) is 0 Å². The van der Waals surface area contributed by atoms with Gasteiger partial charge < -0.3 is 19.3 Å². The summed E-state index contributed by atoms with van der Waals surface area (Å²) in [5.41, 5.74) is 2.17. The Morgan fingerprint density at radius 3 is 2.57 bits per heavy atom. The highest BCUT2D eigenvalue weighted by Crippen LogP contribution is 2.44.